The highest BCUT2D eigenvalue weighted by molar-refractivity contribution is 5.76. The van der Waals surface area contributed by atoms with Gasteiger partial charge in [0.15, 0.2) is 0 Å². The summed E-state index contributed by atoms with van der Waals surface area (Å²) in [6.07, 6.45) is 7.96. The molecular weight excluding hydrogens is 238 g/mol. The van der Waals surface area contributed by atoms with Crippen LogP contribution in [0.2, 0.25) is 0 Å². The van der Waals surface area contributed by atoms with Crippen molar-refractivity contribution >= 4 is 5.91 Å². The molecule has 3 atom stereocenters. The Kier molecular flexibility index (Phi) is 4.68. The molecule has 0 aromatic carbocycles. The number of nitrogens with two attached hydrogens (primary N) is 1. The normalized spacial score (nSPS) is 23.3. The largest absolute Gasteiger partial charge is 0.353 e. The predicted molar refractivity (Wildman–Crippen MR) is 75.4 cm³/mol. The molecule has 1 aliphatic carbocycles. The third-order valence-electron chi connectivity index (χ3n) is 3.30. The Balaban J connectivity index is 1.74. The molecule has 0 radical (unpaired) electrons. The highest BCUT2D eigenvalue weighted by Crippen LogP contribution is 2.19. The monoisotopic (exact) mass is 259 g/mol. The van der Waals surface area contributed by atoms with Gasteiger partial charge in [0.25, 0.3) is 0 Å². The third-order valence-corrected chi connectivity index (χ3v) is 3.30. The van der Waals surface area contributed by atoms with Gasteiger partial charge < -0.3 is 11.1 Å². The van der Waals surface area contributed by atoms with Crippen molar-refractivity contribution < 1.29 is 4.79 Å². The first-order valence-electron chi connectivity index (χ1n) is 6.76. The molecule has 1 amide bonds. The lowest BCUT2D eigenvalue weighted by atomic mass is 10.0. The predicted octanol–water partition coefficient (Wildman–Crippen LogP) is 1.42. The molecule has 1 aliphatic rings. The average Bonchev–Trinajstić information content (AvgIpc) is 2.75. The summed E-state index contributed by atoms with van der Waals surface area (Å²) in [5.41, 5.74) is 6.78. The maximum Gasteiger partial charge on any atom is 0.220 e. The summed E-state index contributed by atoms with van der Waals surface area (Å²) in [7, 11) is 0. The summed E-state index contributed by atoms with van der Waals surface area (Å²) in [4.78, 5) is 16.2. The minimum atomic E-state index is 0.0900. The Morgan fingerprint density at radius 3 is 3.00 bits per heavy atom. The van der Waals surface area contributed by atoms with Gasteiger partial charge in [0, 0.05) is 36.8 Å². The molecule has 0 aliphatic heterocycles. The maximum atomic E-state index is 11.9. The van der Waals surface area contributed by atoms with E-state index in [0.717, 1.165) is 18.5 Å². The summed E-state index contributed by atoms with van der Waals surface area (Å²) in [5.74, 6) is 0.379. The summed E-state index contributed by atoms with van der Waals surface area (Å²) in [6, 6.07) is 6.04. The van der Waals surface area contributed by atoms with E-state index < -0.39 is 0 Å². The molecule has 1 aromatic rings. The Bertz CT molecular complexity index is 444. The fourth-order valence-electron chi connectivity index (χ4n) is 2.41. The van der Waals surface area contributed by atoms with E-state index in [9.17, 15) is 4.79 Å². The van der Waals surface area contributed by atoms with Crippen LogP contribution in [-0.4, -0.2) is 23.0 Å². The number of rotatable bonds is 5. The van der Waals surface area contributed by atoms with E-state index in [0.29, 0.717) is 6.42 Å². The van der Waals surface area contributed by atoms with Gasteiger partial charge in [0.2, 0.25) is 5.91 Å². The number of allylic oxidation sites excluding steroid dienone is 1. The highest BCUT2D eigenvalue weighted by atomic mass is 16.1. The van der Waals surface area contributed by atoms with Crippen LogP contribution in [0.4, 0.5) is 0 Å². The summed E-state index contributed by atoms with van der Waals surface area (Å²) in [5, 5.41) is 3.02. The molecule has 2 rings (SSSR count). The molecule has 102 valence electrons. The SMILES string of the molecule is CC(Cc1ccccn1)NC(=O)C[C@H]1C=C[C@@H](N)C1. The van der Waals surface area contributed by atoms with Gasteiger partial charge in [-0.1, -0.05) is 18.2 Å². The van der Waals surface area contributed by atoms with Crippen molar-refractivity contribution in [3.05, 3.63) is 42.2 Å². The highest BCUT2D eigenvalue weighted by Gasteiger charge is 2.19. The molecule has 0 saturated carbocycles. The average molecular weight is 259 g/mol. The molecule has 0 fully saturated rings. The van der Waals surface area contributed by atoms with Gasteiger partial charge in [0.1, 0.15) is 0 Å². The van der Waals surface area contributed by atoms with E-state index in [1.165, 1.54) is 0 Å². The molecule has 0 saturated heterocycles. The number of carbonyl (C=O) groups excluding carboxylic acids is 1. The fourth-order valence-corrected chi connectivity index (χ4v) is 2.41. The van der Waals surface area contributed by atoms with Gasteiger partial charge in [0.05, 0.1) is 0 Å². The van der Waals surface area contributed by atoms with E-state index in [1.807, 2.05) is 37.3 Å². The second kappa shape index (κ2) is 6.48. The van der Waals surface area contributed by atoms with E-state index >= 15 is 0 Å². The number of nitrogens with one attached hydrogen (secondary N) is 1. The molecular formula is C15H21N3O. The number of hydrogen-bond acceptors (Lipinski definition) is 3. The van der Waals surface area contributed by atoms with Crippen LogP contribution in [0.1, 0.15) is 25.5 Å². The van der Waals surface area contributed by atoms with Crippen LogP contribution < -0.4 is 11.1 Å². The topological polar surface area (TPSA) is 68.0 Å². The van der Waals surface area contributed by atoms with Crippen molar-refractivity contribution in [2.75, 3.05) is 0 Å². The molecule has 0 spiro atoms. The molecule has 4 nitrogen and oxygen atoms in total. The standard InChI is InChI=1S/C15H21N3O/c1-11(8-14-4-2-3-7-17-14)18-15(19)10-12-5-6-13(16)9-12/h2-7,11-13H,8-10,16H2,1H3,(H,18,19)/t11?,12-,13+/m0/s1. The number of amides is 1. The fraction of sp³-hybridized carbons (Fsp3) is 0.467. The van der Waals surface area contributed by atoms with Crippen molar-refractivity contribution in [1.82, 2.24) is 10.3 Å². The van der Waals surface area contributed by atoms with Crippen molar-refractivity contribution in [2.24, 2.45) is 11.7 Å². The minimum absolute atomic E-state index is 0.0900. The smallest absolute Gasteiger partial charge is 0.220 e. The molecule has 4 heteroatoms. The van der Waals surface area contributed by atoms with Crippen LogP contribution in [0.25, 0.3) is 0 Å². The lowest BCUT2D eigenvalue weighted by Crippen LogP contribution is -2.35. The van der Waals surface area contributed by atoms with E-state index in [-0.39, 0.29) is 23.9 Å². The maximum absolute atomic E-state index is 11.9. The van der Waals surface area contributed by atoms with Crippen molar-refractivity contribution in [3.63, 3.8) is 0 Å². The van der Waals surface area contributed by atoms with Gasteiger partial charge >= 0.3 is 0 Å². The number of hydrogen-bond donors (Lipinski definition) is 2. The zero-order valence-electron chi connectivity index (χ0n) is 11.3. The second-order valence-corrected chi connectivity index (χ2v) is 5.24. The number of aromatic nitrogens is 1. The quantitative estimate of drug-likeness (QED) is 0.786. The Morgan fingerprint density at radius 1 is 1.53 bits per heavy atom. The Morgan fingerprint density at radius 2 is 2.37 bits per heavy atom. The summed E-state index contributed by atoms with van der Waals surface area (Å²) in [6.45, 7) is 2.00. The zero-order chi connectivity index (χ0) is 13.7. The first-order chi connectivity index (χ1) is 9.13. The minimum Gasteiger partial charge on any atom is -0.353 e. The van der Waals surface area contributed by atoms with E-state index in [2.05, 4.69) is 10.3 Å². The molecule has 19 heavy (non-hydrogen) atoms. The van der Waals surface area contributed by atoms with Crippen molar-refractivity contribution in [1.29, 1.82) is 0 Å². The third kappa shape index (κ3) is 4.48. The Labute approximate surface area is 114 Å². The van der Waals surface area contributed by atoms with E-state index in [1.54, 1.807) is 6.20 Å². The van der Waals surface area contributed by atoms with Gasteiger partial charge in [-0.3, -0.25) is 9.78 Å². The number of nitrogens with zero attached hydrogens (tertiary/aromatic N) is 1. The molecule has 1 aromatic heterocycles. The lowest BCUT2D eigenvalue weighted by molar-refractivity contribution is -0.122. The van der Waals surface area contributed by atoms with Crippen molar-refractivity contribution in [3.8, 4) is 0 Å². The van der Waals surface area contributed by atoms with Crippen LogP contribution >= 0.6 is 0 Å². The van der Waals surface area contributed by atoms with Gasteiger partial charge in [-0.05, 0) is 31.4 Å². The molecule has 1 heterocycles. The Hall–Kier alpha value is -1.68. The summed E-state index contributed by atoms with van der Waals surface area (Å²) >= 11 is 0. The van der Waals surface area contributed by atoms with Crippen LogP contribution in [0.15, 0.2) is 36.5 Å². The van der Waals surface area contributed by atoms with Crippen LogP contribution in [0.5, 0.6) is 0 Å². The first kappa shape index (κ1) is 13.7. The zero-order valence-corrected chi connectivity index (χ0v) is 11.3. The number of pyridine rings is 1. The van der Waals surface area contributed by atoms with E-state index in [4.69, 9.17) is 5.73 Å². The van der Waals surface area contributed by atoms with Gasteiger partial charge in [-0.2, -0.15) is 0 Å². The van der Waals surface area contributed by atoms with Crippen LogP contribution in [-0.2, 0) is 11.2 Å². The molecule has 3 N–H and O–H groups in total. The molecule has 0 bridgehead atoms. The lowest BCUT2D eigenvalue weighted by Gasteiger charge is -2.15. The van der Waals surface area contributed by atoms with Crippen LogP contribution in [0, 0.1) is 5.92 Å². The van der Waals surface area contributed by atoms with Crippen LogP contribution in [0.3, 0.4) is 0 Å². The van der Waals surface area contributed by atoms with Gasteiger partial charge in [-0.25, -0.2) is 0 Å². The summed E-state index contributed by atoms with van der Waals surface area (Å²) < 4.78 is 0. The number of carbonyl (C=O) groups is 1. The molecule has 1 unspecified atom stereocenters. The van der Waals surface area contributed by atoms with Gasteiger partial charge in [-0.15, -0.1) is 0 Å². The first-order valence-corrected chi connectivity index (χ1v) is 6.76. The second-order valence-electron chi connectivity index (χ2n) is 5.24. The van der Waals surface area contributed by atoms with Crippen molar-refractivity contribution in [2.45, 2.75) is 38.3 Å².